The molecule has 1 saturated heterocycles. The topological polar surface area (TPSA) is 55.8 Å². The molecule has 8 heteroatoms. The van der Waals surface area contributed by atoms with E-state index in [1.165, 1.54) is 18.0 Å². The van der Waals surface area contributed by atoms with Crippen LogP contribution in [-0.4, -0.2) is 50.5 Å². The van der Waals surface area contributed by atoms with Crippen LogP contribution in [-0.2, 0) is 18.9 Å². The zero-order valence-electron chi connectivity index (χ0n) is 12.3. The van der Waals surface area contributed by atoms with Crippen molar-refractivity contribution in [2.24, 2.45) is 0 Å². The maximum absolute atomic E-state index is 13.5. The van der Waals surface area contributed by atoms with Gasteiger partial charge in [-0.05, 0) is 25.1 Å². The van der Waals surface area contributed by atoms with Gasteiger partial charge >= 0.3 is 19.1 Å². The minimum absolute atomic E-state index is 0.157. The number of halogens is 2. The van der Waals surface area contributed by atoms with Crippen molar-refractivity contribution in [3.05, 3.63) is 35.4 Å². The van der Waals surface area contributed by atoms with Crippen LogP contribution >= 0.6 is 0 Å². The summed E-state index contributed by atoms with van der Waals surface area (Å²) in [4.78, 5) is 24.8. The van der Waals surface area contributed by atoms with Gasteiger partial charge in [0.15, 0.2) is 0 Å². The van der Waals surface area contributed by atoms with Crippen LogP contribution < -0.4 is 0 Å². The highest BCUT2D eigenvalue weighted by molar-refractivity contribution is 6.51. The molecule has 0 saturated carbocycles. The molecule has 1 unspecified atom stereocenters. The summed E-state index contributed by atoms with van der Waals surface area (Å²) in [6, 6.07) is 6.51. The summed E-state index contributed by atoms with van der Waals surface area (Å²) in [5.41, 5.74) is 0.899. The lowest BCUT2D eigenvalue weighted by molar-refractivity contribution is -0.146. The Bertz CT molecular complexity index is 550. The molecule has 0 N–H and O–H groups in total. The van der Waals surface area contributed by atoms with Crippen LogP contribution in [0.2, 0.25) is 0 Å². The molecular formula is C14H16BF2NO4. The second kappa shape index (κ2) is 6.87. The number of hydrogen-bond acceptors (Lipinski definition) is 5. The van der Waals surface area contributed by atoms with Crippen molar-refractivity contribution in [2.75, 3.05) is 20.1 Å². The summed E-state index contributed by atoms with van der Waals surface area (Å²) in [7, 11) is -0.0933. The first-order valence-electron chi connectivity index (χ1n) is 6.79. The molecule has 1 aromatic carbocycles. The summed E-state index contributed by atoms with van der Waals surface area (Å²) < 4.78 is 37.0. The smallest absolute Gasteiger partial charge is 0.498 e. The Kier molecular flexibility index (Phi) is 5.13. The Hall–Kier alpha value is -1.96. The quantitative estimate of drug-likeness (QED) is 0.790. The van der Waals surface area contributed by atoms with Gasteiger partial charge in [0, 0.05) is 0 Å². The van der Waals surface area contributed by atoms with Gasteiger partial charge in [-0.3, -0.25) is 14.5 Å². The largest absolute Gasteiger partial charge is 0.612 e. The van der Waals surface area contributed by atoms with Crippen LogP contribution in [0.25, 0.3) is 0 Å². The van der Waals surface area contributed by atoms with Gasteiger partial charge in [0.05, 0.1) is 13.1 Å². The Morgan fingerprint density at radius 2 is 1.68 bits per heavy atom. The fraction of sp³-hybridized carbons (Fsp3) is 0.429. The van der Waals surface area contributed by atoms with Crippen molar-refractivity contribution in [2.45, 2.75) is 19.2 Å². The van der Waals surface area contributed by atoms with Gasteiger partial charge < -0.3 is 9.31 Å². The van der Waals surface area contributed by atoms with E-state index in [1.54, 1.807) is 25.1 Å². The van der Waals surface area contributed by atoms with Crippen molar-refractivity contribution >= 4 is 19.1 Å². The van der Waals surface area contributed by atoms with Gasteiger partial charge in [0.1, 0.15) is 5.82 Å². The lowest BCUT2D eigenvalue weighted by Crippen LogP contribution is -2.46. The van der Waals surface area contributed by atoms with Crippen LogP contribution in [0.3, 0.4) is 0 Å². The summed E-state index contributed by atoms with van der Waals surface area (Å²) in [6.07, 6.45) is -2.84. The number of rotatable bonds is 3. The SMILES string of the molecule is Cc1ccccc1C(B1OC(=O)CN(C)CC(=O)O1)C(F)F. The second-order valence-electron chi connectivity index (χ2n) is 5.24. The zero-order chi connectivity index (χ0) is 16.3. The minimum Gasteiger partial charge on any atom is -0.498 e. The normalized spacial score (nSPS) is 18.5. The molecule has 5 nitrogen and oxygen atoms in total. The monoisotopic (exact) mass is 311 g/mol. The molecule has 1 atom stereocenters. The first-order chi connectivity index (χ1) is 10.4. The molecular weight excluding hydrogens is 295 g/mol. The van der Waals surface area contributed by atoms with Gasteiger partial charge in [0.25, 0.3) is 0 Å². The third kappa shape index (κ3) is 3.82. The molecule has 1 heterocycles. The number of benzene rings is 1. The molecule has 1 aromatic rings. The van der Waals surface area contributed by atoms with Crippen molar-refractivity contribution in [1.29, 1.82) is 0 Å². The van der Waals surface area contributed by atoms with E-state index in [2.05, 4.69) is 0 Å². The van der Waals surface area contributed by atoms with E-state index >= 15 is 0 Å². The van der Waals surface area contributed by atoms with E-state index in [0.717, 1.165) is 0 Å². The molecule has 1 fully saturated rings. The fourth-order valence-corrected chi connectivity index (χ4v) is 2.36. The van der Waals surface area contributed by atoms with E-state index in [-0.39, 0.29) is 18.7 Å². The Morgan fingerprint density at radius 1 is 1.14 bits per heavy atom. The van der Waals surface area contributed by atoms with Gasteiger partial charge in [0.2, 0.25) is 6.43 Å². The average Bonchev–Trinajstić information content (AvgIpc) is 2.38. The molecule has 118 valence electrons. The third-order valence-corrected chi connectivity index (χ3v) is 3.41. The third-order valence-electron chi connectivity index (χ3n) is 3.41. The number of aryl methyl sites for hydroxylation is 1. The Labute approximate surface area is 127 Å². The molecule has 0 bridgehead atoms. The standard InChI is InChI=1S/C14H16BF2NO4/c1-9-5-3-4-6-10(9)13(14(16)17)15-21-11(19)7-18(2)8-12(20)22-15/h3-6,13-14H,7-8H2,1-2H3. The first-order valence-corrected chi connectivity index (χ1v) is 6.79. The molecule has 0 amide bonds. The lowest BCUT2D eigenvalue weighted by atomic mass is 9.66. The molecule has 1 aliphatic rings. The van der Waals surface area contributed by atoms with E-state index in [0.29, 0.717) is 5.56 Å². The minimum atomic E-state index is -2.84. The highest BCUT2D eigenvalue weighted by Crippen LogP contribution is 2.30. The Balaban J connectivity index is 2.32. The van der Waals surface area contributed by atoms with E-state index in [1.807, 2.05) is 0 Å². The predicted molar refractivity (Wildman–Crippen MR) is 75.4 cm³/mol. The van der Waals surface area contributed by atoms with Crippen LogP contribution in [0.5, 0.6) is 0 Å². The molecule has 0 spiro atoms. The number of nitrogens with zero attached hydrogens (tertiary/aromatic N) is 1. The summed E-state index contributed by atoms with van der Waals surface area (Å²) in [5, 5.41) is 0. The number of likely N-dealkylation sites (N-methyl/N-ethyl adjacent to an activating group) is 1. The van der Waals surface area contributed by atoms with E-state index in [9.17, 15) is 18.4 Å². The number of carbonyl (C=O) groups excluding carboxylic acids is 2. The number of alkyl halides is 2. The average molecular weight is 311 g/mol. The number of hydrogen-bond donors (Lipinski definition) is 0. The molecule has 1 aliphatic heterocycles. The first kappa shape index (κ1) is 16.4. The molecule has 2 rings (SSSR count). The highest BCUT2D eigenvalue weighted by atomic mass is 19.3. The van der Waals surface area contributed by atoms with Crippen molar-refractivity contribution < 1.29 is 27.7 Å². The predicted octanol–water partition coefficient (Wildman–Crippen LogP) is 1.40. The van der Waals surface area contributed by atoms with E-state index < -0.39 is 31.3 Å². The van der Waals surface area contributed by atoms with Crippen LogP contribution in [0, 0.1) is 6.92 Å². The maximum atomic E-state index is 13.5. The zero-order valence-corrected chi connectivity index (χ0v) is 12.3. The number of carbonyl (C=O) groups is 2. The van der Waals surface area contributed by atoms with Gasteiger partial charge in [-0.2, -0.15) is 0 Å². The highest BCUT2D eigenvalue weighted by Gasteiger charge is 2.46. The molecule has 0 radical (unpaired) electrons. The Morgan fingerprint density at radius 3 is 2.18 bits per heavy atom. The van der Waals surface area contributed by atoms with Crippen molar-refractivity contribution in [3.63, 3.8) is 0 Å². The van der Waals surface area contributed by atoms with Crippen LogP contribution in [0.4, 0.5) is 8.78 Å². The van der Waals surface area contributed by atoms with Crippen molar-refractivity contribution in [3.8, 4) is 0 Å². The van der Waals surface area contributed by atoms with E-state index in [4.69, 9.17) is 9.31 Å². The van der Waals surface area contributed by atoms with Gasteiger partial charge in [-0.1, -0.05) is 24.3 Å². The van der Waals surface area contributed by atoms with Crippen molar-refractivity contribution in [1.82, 2.24) is 4.90 Å². The van der Waals surface area contributed by atoms with Crippen LogP contribution in [0.15, 0.2) is 24.3 Å². The lowest BCUT2D eigenvalue weighted by Gasteiger charge is -2.27. The van der Waals surface area contributed by atoms with Gasteiger partial charge in [-0.15, -0.1) is 0 Å². The summed E-state index contributed by atoms with van der Waals surface area (Å²) in [5.74, 6) is -2.93. The second-order valence-corrected chi connectivity index (χ2v) is 5.24. The summed E-state index contributed by atoms with van der Waals surface area (Å²) in [6.45, 7) is 1.36. The summed E-state index contributed by atoms with van der Waals surface area (Å²) >= 11 is 0. The molecule has 0 aromatic heterocycles. The fourth-order valence-electron chi connectivity index (χ4n) is 2.36. The molecule has 22 heavy (non-hydrogen) atoms. The molecule has 0 aliphatic carbocycles. The van der Waals surface area contributed by atoms with Crippen LogP contribution in [0.1, 0.15) is 16.9 Å². The van der Waals surface area contributed by atoms with Gasteiger partial charge in [-0.25, -0.2) is 8.78 Å². The maximum Gasteiger partial charge on any atom is 0.612 e.